The van der Waals surface area contributed by atoms with Crippen LogP contribution in [0.25, 0.3) is 0 Å². The Balaban J connectivity index is 2.28. The normalized spacial score (nSPS) is 9.83. The van der Waals surface area contributed by atoms with E-state index in [2.05, 4.69) is 16.2 Å². The van der Waals surface area contributed by atoms with Crippen LogP contribution in [0.1, 0.15) is 39.5 Å². The highest BCUT2D eigenvalue weighted by Crippen LogP contribution is 2.15. The first-order valence-corrected chi connectivity index (χ1v) is 7.65. The van der Waals surface area contributed by atoms with Crippen LogP contribution in [0, 0.1) is 0 Å². The van der Waals surface area contributed by atoms with Crippen LogP contribution in [-0.4, -0.2) is 24.3 Å². The number of nitrogens with one attached hydrogen (secondary N) is 3. The van der Waals surface area contributed by atoms with Gasteiger partial charge in [0, 0.05) is 24.9 Å². The fourth-order valence-corrected chi connectivity index (χ4v) is 1.74. The third-order valence-electron chi connectivity index (χ3n) is 2.85. The molecule has 1 aromatic rings. The fraction of sp³-hybridized carbons (Fsp3) is 0.438. The highest BCUT2D eigenvalue weighted by Gasteiger charge is 2.08. The molecule has 23 heavy (non-hydrogen) atoms. The Labute approximate surface area is 135 Å². The summed E-state index contributed by atoms with van der Waals surface area (Å²) in [5.74, 6) is -0.201. The van der Waals surface area contributed by atoms with Crippen LogP contribution >= 0.6 is 0 Å². The minimum atomic E-state index is -0.406. The summed E-state index contributed by atoms with van der Waals surface area (Å²) in [5.41, 5.74) is 5.20. The Hall–Kier alpha value is -2.57. The molecule has 0 bridgehead atoms. The van der Waals surface area contributed by atoms with Crippen molar-refractivity contribution in [1.29, 1.82) is 0 Å². The van der Waals surface area contributed by atoms with E-state index in [1.165, 1.54) is 0 Å². The van der Waals surface area contributed by atoms with Crippen LogP contribution in [0.15, 0.2) is 24.3 Å². The molecule has 0 atom stereocenters. The molecule has 0 aliphatic heterocycles. The number of hydrogen-bond donors (Lipinski definition) is 3. The zero-order valence-electron chi connectivity index (χ0n) is 13.5. The van der Waals surface area contributed by atoms with Crippen LogP contribution in [0.2, 0.25) is 0 Å². The minimum absolute atomic E-state index is 0.00469. The molecule has 0 saturated heterocycles. The number of hydrazine groups is 1. The van der Waals surface area contributed by atoms with Gasteiger partial charge in [-0.15, -0.1) is 0 Å². The van der Waals surface area contributed by atoms with Gasteiger partial charge >= 0.3 is 0 Å². The summed E-state index contributed by atoms with van der Waals surface area (Å²) < 4.78 is 5.31. The van der Waals surface area contributed by atoms with E-state index in [4.69, 9.17) is 4.74 Å². The second-order valence-corrected chi connectivity index (χ2v) is 4.85. The van der Waals surface area contributed by atoms with Gasteiger partial charge in [0.25, 0.3) is 0 Å². The smallest absolute Gasteiger partial charge is 0.238 e. The second-order valence-electron chi connectivity index (χ2n) is 4.85. The zero-order valence-corrected chi connectivity index (χ0v) is 13.5. The molecule has 0 saturated carbocycles. The molecule has 0 spiro atoms. The summed E-state index contributed by atoms with van der Waals surface area (Å²) in [6.45, 7) is 4.34. The molecule has 0 radical (unpaired) electrons. The molecule has 7 heteroatoms. The lowest BCUT2D eigenvalue weighted by Gasteiger charge is -2.08. The first-order valence-electron chi connectivity index (χ1n) is 7.65. The highest BCUT2D eigenvalue weighted by molar-refractivity contribution is 5.93. The maximum Gasteiger partial charge on any atom is 0.238 e. The lowest BCUT2D eigenvalue weighted by Crippen LogP contribution is -2.41. The molecular formula is C16H23N3O4. The van der Waals surface area contributed by atoms with Crippen molar-refractivity contribution in [2.75, 3.05) is 11.9 Å². The number of hydrogen-bond acceptors (Lipinski definition) is 4. The summed E-state index contributed by atoms with van der Waals surface area (Å²) in [7, 11) is 0. The van der Waals surface area contributed by atoms with E-state index in [1.807, 2.05) is 13.8 Å². The minimum Gasteiger partial charge on any atom is -0.494 e. The van der Waals surface area contributed by atoms with Crippen molar-refractivity contribution in [2.24, 2.45) is 0 Å². The second kappa shape index (κ2) is 10.2. The summed E-state index contributed by atoms with van der Waals surface area (Å²) >= 11 is 0. The monoisotopic (exact) mass is 321 g/mol. The molecule has 0 heterocycles. The van der Waals surface area contributed by atoms with Gasteiger partial charge < -0.3 is 10.1 Å². The zero-order chi connectivity index (χ0) is 17.1. The van der Waals surface area contributed by atoms with Crippen molar-refractivity contribution < 1.29 is 19.1 Å². The Bertz CT molecular complexity index is 529. The number of benzene rings is 1. The number of ether oxygens (including phenoxy) is 1. The molecule has 7 nitrogen and oxygen atoms in total. The van der Waals surface area contributed by atoms with Gasteiger partial charge in [0.2, 0.25) is 17.7 Å². The lowest BCUT2D eigenvalue weighted by atomic mass is 10.2. The molecule has 1 rings (SSSR count). The molecule has 0 unspecified atom stereocenters. The molecule has 0 aliphatic carbocycles. The highest BCUT2D eigenvalue weighted by atomic mass is 16.5. The molecular weight excluding hydrogens is 298 g/mol. The van der Waals surface area contributed by atoms with Gasteiger partial charge in [-0.25, -0.2) is 0 Å². The number of carbonyl (C=O) groups is 3. The molecule has 0 fully saturated rings. The van der Waals surface area contributed by atoms with E-state index in [0.29, 0.717) is 25.1 Å². The molecule has 3 amide bonds. The van der Waals surface area contributed by atoms with Crippen LogP contribution in [-0.2, 0) is 14.4 Å². The van der Waals surface area contributed by atoms with E-state index in [0.717, 1.165) is 5.75 Å². The van der Waals surface area contributed by atoms with Gasteiger partial charge in [0.05, 0.1) is 6.61 Å². The van der Waals surface area contributed by atoms with Crippen molar-refractivity contribution in [3.05, 3.63) is 24.3 Å². The quantitative estimate of drug-likeness (QED) is 0.636. The number of amides is 3. The predicted molar refractivity (Wildman–Crippen MR) is 86.7 cm³/mol. The third kappa shape index (κ3) is 7.85. The Morgan fingerprint density at radius 2 is 1.43 bits per heavy atom. The fourth-order valence-electron chi connectivity index (χ4n) is 1.74. The van der Waals surface area contributed by atoms with Crippen molar-refractivity contribution in [2.45, 2.75) is 39.5 Å². The van der Waals surface area contributed by atoms with E-state index in [9.17, 15) is 14.4 Å². The summed E-state index contributed by atoms with van der Waals surface area (Å²) in [5, 5.41) is 2.69. The molecule has 0 aliphatic rings. The number of anilines is 1. The van der Waals surface area contributed by atoms with Crippen LogP contribution in [0.5, 0.6) is 5.75 Å². The Morgan fingerprint density at radius 3 is 2.00 bits per heavy atom. The van der Waals surface area contributed by atoms with Crippen molar-refractivity contribution in [3.8, 4) is 5.75 Å². The molecule has 1 aromatic carbocycles. The summed E-state index contributed by atoms with van der Waals surface area (Å²) in [6.07, 6.45) is 1.07. The molecule has 126 valence electrons. The first-order chi connectivity index (χ1) is 11.0. The van der Waals surface area contributed by atoms with Gasteiger partial charge in [-0.3, -0.25) is 25.2 Å². The van der Waals surface area contributed by atoms with Crippen molar-refractivity contribution in [1.82, 2.24) is 10.9 Å². The van der Waals surface area contributed by atoms with Crippen LogP contribution < -0.4 is 20.9 Å². The third-order valence-corrected chi connectivity index (χ3v) is 2.85. The van der Waals surface area contributed by atoms with E-state index in [1.54, 1.807) is 24.3 Å². The van der Waals surface area contributed by atoms with Gasteiger partial charge in [-0.2, -0.15) is 0 Å². The Morgan fingerprint density at radius 1 is 0.870 bits per heavy atom. The van der Waals surface area contributed by atoms with Crippen LogP contribution in [0.4, 0.5) is 5.69 Å². The average Bonchev–Trinajstić information content (AvgIpc) is 2.53. The largest absolute Gasteiger partial charge is 0.494 e. The SMILES string of the molecule is CCCC(=O)NNC(=O)CCC(=O)Nc1ccc(OCC)cc1. The van der Waals surface area contributed by atoms with E-state index in [-0.39, 0.29) is 24.7 Å². The maximum absolute atomic E-state index is 11.8. The maximum atomic E-state index is 11.8. The Kier molecular flexibility index (Phi) is 8.20. The predicted octanol–water partition coefficient (Wildman–Crippen LogP) is 1.75. The van der Waals surface area contributed by atoms with Gasteiger partial charge in [-0.1, -0.05) is 6.92 Å². The standard InChI is InChI=1S/C16H23N3O4/c1-3-5-15(21)18-19-16(22)11-10-14(20)17-12-6-8-13(9-7-12)23-4-2/h6-9H,3-5,10-11H2,1-2H3,(H,17,20)(H,18,21)(H,19,22). The summed E-state index contributed by atoms with van der Waals surface area (Å²) in [6, 6.07) is 6.98. The van der Waals surface area contributed by atoms with Gasteiger partial charge in [0.1, 0.15) is 5.75 Å². The number of carbonyl (C=O) groups excluding carboxylic acids is 3. The molecule has 3 N–H and O–H groups in total. The average molecular weight is 321 g/mol. The first kappa shape index (κ1) is 18.5. The van der Waals surface area contributed by atoms with E-state index >= 15 is 0 Å². The van der Waals surface area contributed by atoms with Gasteiger partial charge in [-0.05, 0) is 37.6 Å². The van der Waals surface area contributed by atoms with Crippen molar-refractivity contribution >= 4 is 23.4 Å². The molecule has 0 aromatic heterocycles. The topological polar surface area (TPSA) is 96.5 Å². The van der Waals surface area contributed by atoms with Crippen LogP contribution in [0.3, 0.4) is 0 Å². The van der Waals surface area contributed by atoms with E-state index < -0.39 is 5.91 Å². The lowest BCUT2D eigenvalue weighted by molar-refractivity contribution is -0.129. The number of rotatable bonds is 8. The van der Waals surface area contributed by atoms with Crippen molar-refractivity contribution in [3.63, 3.8) is 0 Å². The van der Waals surface area contributed by atoms with Gasteiger partial charge in [0.15, 0.2) is 0 Å². The summed E-state index contributed by atoms with van der Waals surface area (Å²) in [4.78, 5) is 34.4.